The molecule has 0 aliphatic carbocycles. The topological polar surface area (TPSA) is 270 Å². The lowest BCUT2D eigenvalue weighted by molar-refractivity contribution is -0.162. The van der Waals surface area contributed by atoms with Gasteiger partial charge in [-0.3, -0.25) is 33.6 Å². The highest BCUT2D eigenvalue weighted by atomic mass is 16.5. The molecule has 19 heteroatoms. The fourth-order valence-corrected chi connectivity index (χ4v) is 8.24. The quantitative estimate of drug-likeness (QED) is 0.0469. The van der Waals surface area contributed by atoms with E-state index in [2.05, 4.69) is 21.3 Å². The number of carbonyl (C=O) groups is 8. The third-order valence-electron chi connectivity index (χ3n) is 12.6. The van der Waals surface area contributed by atoms with Crippen LogP contribution in [-0.4, -0.2) is 155 Å². The molecule has 2 rings (SSSR count). The van der Waals surface area contributed by atoms with E-state index < -0.39 is 126 Å². The van der Waals surface area contributed by atoms with Crippen molar-refractivity contribution in [3.05, 3.63) is 29.8 Å². The van der Waals surface area contributed by atoms with Gasteiger partial charge in [-0.1, -0.05) is 73.9 Å². The lowest BCUT2D eigenvalue weighted by Gasteiger charge is -2.34. The third kappa shape index (κ3) is 17.1. The van der Waals surface area contributed by atoms with Crippen LogP contribution in [0, 0.1) is 29.6 Å². The molecule has 68 heavy (non-hydrogen) atoms. The molecule has 19 nitrogen and oxygen atoms in total. The average Bonchev–Trinajstić information content (AvgIpc) is 3.78. The molecule has 1 aliphatic heterocycles. The number of Topliss-reactive ketones (excluding diaryl/α,β-unsaturated/α-hetero) is 1. The van der Waals surface area contributed by atoms with Gasteiger partial charge < -0.3 is 55.9 Å². The number of aliphatic hydroxyl groups is 2. The molecule has 1 aliphatic rings. The standard InChI is InChI=1S/C49H80N6O13/c1-14-29(8)40(52-46(62)41(31(10)56)53-45(61)34(50-11)22-26(2)3)38(57)25-39(58)68-43(28(6)7)42(59)30(9)44(60)51-35(23-27(4)5)47(63)55-21-15-16-36(55)48(64)54(12)37(49(65)66)24-32-17-19-33(67-13)20-18-32/h17-20,26-31,34-38,40-41,43,50,56-57H,14-16,21-25H2,1-13H3,(H,51,60)(H,52,62)(H,53,61)(H,65,66)/t29-,30+,31-,34-,35-,36+,37-,38+,40-,41+,43-/m0/s1. The van der Waals surface area contributed by atoms with Crippen molar-refractivity contribution in [3.63, 3.8) is 0 Å². The van der Waals surface area contributed by atoms with Crippen LogP contribution in [0.2, 0.25) is 0 Å². The number of likely N-dealkylation sites (tertiary alicyclic amines) is 1. The fourth-order valence-electron chi connectivity index (χ4n) is 8.24. The molecular formula is C49H80N6O13. The molecule has 0 aromatic heterocycles. The largest absolute Gasteiger partial charge is 0.497 e. The zero-order valence-electron chi connectivity index (χ0n) is 42.4. The van der Waals surface area contributed by atoms with E-state index in [0.717, 1.165) is 4.90 Å². The van der Waals surface area contributed by atoms with Gasteiger partial charge in [-0.05, 0) is 87.9 Å². The smallest absolute Gasteiger partial charge is 0.326 e. The first kappa shape index (κ1) is 59.0. The van der Waals surface area contributed by atoms with E-state index in [1.165, 1.54) is 32.9 Å². The summed E-state index contributed by atoms with van der Waals surface area (Å²) in [6.07, 6.45) is -3.09. The molecule has 0 bridgehead atoms. The third-order valence-corrected chi connectivity index (χ3v) is 12.6. The van der Waals surface area contributed by atoms with Crippen molar-refractivity contribution in [2.24, 2.45) is 29.6 Å². The fraction of sp³-hybridized carbons (Fsp3) is 0.714. The number of esters is 1. The van der Waals surface area contributed by atoms with Gasteiger partial charge in [0.25, 0.3) is 0 Å². The molecule has 384 valence electrons. The number of ketones is 1. The molecular weight excluding hydrogens is 881 g/mol. The van der Waals surface area contributed by atoms with Crippen LogP contribution in [-0.2, 0) is 49.5 Å². The Bertz CT molecular complexity index is 1860. The number of benzene rings is 1. The minimum atomic E-state index is -1.52. The maximum atomic E-state index is 14.2. The van der Waals surface area contributed by atoms with Crippen molar-refractivity contribution < 1.29 is 63.1 Å². The van der Waals surface area contributed by atoms with Crippen LogP contribution in [0.1, 0.15) is 113 Å². The maximum absolute atomic E-state index is 14.2. The maximum Gasteiger partial charge on any atom is 0.326 e. The first-order chi connectivity index (χ1) is 31.8. The number of hydrogen-bond donors (Lipinski definition) is 7. The average molecular weight is 961 g/mol. The Morgan fingerprint density at radius 1 is 0.824 bits per heavy atom. The van der Waals surface area contributed by atoms with E-state index in [-0.39, 0.29) is 37.6 Å². The second-order valence-corrected chi connectivity index (χ2v) is 19.4. The van der Waals surface area contributed by atoms with Crippen LogP contribution in [0.5, 0.6) is 5.75 Å². The van der Waals surface area contributed by atoms with Gasteiger partial charge in [0, 0.05) is 20.0 Å². The summed E-state index contributed by atoms with van der Waals surface area (Å²) in [6, 6.07) is 0.388. The molecule has 0 saturated carbocycles. The van der Waals surface area contributed by atoms with Crippen molar-refractivity contribution in [2.45, 2.75) is 169 Å². The normalized spacial score (nSPS) is 18.3. The number of amides is 5. The minimum absolute atomic E-state index is 0.00815. The Hall–Kier alpha value is -5.14. The molecule has 0 spiro atoms. The molecule has 1 aromatic carbocycles. The van der Waals surface area contributed by atoms with E-state index >= 15 is 0 Å². The first-order valence-electron chi connectivity index (χ1n) is 23.9. The lowest BCUT2D eigenvalue weighted by Crippen LogP contribution is -2.60. The van der Waals surface area contributed by atoms with Crippen LogP contribution in [0.4, 0.5) is 0 Å². The highest BCUT2D eigenvalue weighted by Gasteiger charge is 2.43. The van der Waals surface area contributed by atoms with Crippen molar-refractivity contribution in [2.75, 3.05) is 27.7 Å². The SMILES string of the molecule is CC[C@H](C)[C@H](NC(=O)[C@H](NC(=O)[C@H](CC(C)C)NC)[C@H](C)O)[C@H](O)CC(=O)O[C@H](C(=O)[C@@H](C)C(=O)N[C@@H](CC(C)C)C(=O)N1CCC[C@@H]1C(=O)N(C)[C@@H](Cc1ccc(OC)cc1)C(=O)O)C(C)C. The molecule has 11 atom stereocenters. The van der Waals surface area contributed by atoms with Crippen LogP contribution in [0.25, 0.3) is 0 Å². The summed E-state index contributed by atoms with van der Waals surface area (Å²) in [5.74, 6) is -7.98. The van der Waals surface area contributed by atoms with Crippen molar-refractivity contribution in [1.29, 1.82) is 0 Å². The number of aliphatic hydroxyl groups excluding tert-OH is 2. The number of likely N-dealkylation sites (N-methyl/N-ethyl adjacent to an activating group) is 2. The molecule has 5 amide bonds. The van der Waals surface area contributed by atoms with E-state index in [9.17, 15) is 53.7 Å². The van der Waals surface area contributed by atoms with Crippen molar-refractivity contribution in [1.82, 2.24) is 31.1 Å². The van der Waals surface area contributed by atoms with E-state index in [1.807, 2.05) is 34.6 Å². The Morgan fingerprint density at radius 2 is 1.41 bits per heavy atom. The Kier molecular flexibility index (Phi) is 24.1. The number of carboxylic acids is 1. The summed E-state index contributed by atoms with van der Waals surface area (Å²) >= 11 is 0. The van der Waals surface area contributed by atoms with Gasteiger partial charge >= 0.3 is 11.9 Å². The molecule has 0 radical (unpaired) electrons. The summed E-state index contributed by atoms with van der Waals surface area (Å²) in [5.41, 5.74) is 0.663. The van der Waals surface area contributed by atoms with Gasteiger partial charge in [0.05, 0.1) is 43.7 Å². The number of hydrogen-bond acceptors (Lipinski definition) is 13. The van der Waals surface area contributed by atoms with Crippen molar-refractivity contribution >= 4 is 47.3 Å². The molecule has 1 saturated heterocycles. The molecule has 1 heterocycles. The lowest BCUT2D eigenvalue weighted by atomic mass is 9.91. The summed E-state index contributed by atoms with van der Waals surface area (Å²) in [7, 11) is 4.51. The van der Waals surface area contributed by atoms with E-state index in [1.54, 1.807) is 52.1 Å². The number of ether oxygens (including phenoxy) is 2. The Labute approximate surface area is 402 Å². The number of rotatable bonds is 28. The second-order valence-electron chi connectivity index (χ2n) is 19.4. The predicted molar refractivity (Wildman–Crippen MR) is 254 cm³/mol. The Balaban J connectivity index is 2.22. The van der Waals surface area contributed by atoms with Crippen LogP contribution in [0.3, 0.4) is 0 Å². The summed E-state index contributed by atoms with van der Waals surface area (Å²) in [5, 5.41) is 42.9. The van der Waals surface area contributed by atoms with Crippen LogP contribution >= 0.6 is 0 Å². The first-order valence-corrected chi connectivity index (χ1v) is 23.9. The molecule has 0 unspecified atom stereocenters. The second kappa shape index (κ2) is 27.8. The number of carboxylic acid groups (broad SMARTS) is 1. The highest BCUT2D eigenvalue weighted by molar-refractivity contribution is 6.05. The number of methoxy groups -OCH3 is 1. The van der Waals surface area contributed by atoms with Crippen LogP contribution in [0.15, 0.2) is 24.3 Å². The van der Waals surface area contributed by atoms with Gasteiger partial charge in [-0.2, -0.15) is 0 Å². The zero-order valence-corrected chi connectivity index (χ0v) is 42.4. The number of carbonyl (C=O) groups excluding carboxylic acids is 7. The Morgan fingerprint density at radius 3 is 1.91 bits per heavy atom. The van der Waals surface area contributed by atoms with Crippen molar-refractivity contribution in [3.8, 4) is 5.75 Å². The van der Waals surface area contributed by atoms with Crippen LogP contribution < -0.4 is 26.0 Å². The molecule has 7 N–H and O–H groups in total. The van der Waals surface area contributed by atoms with E-state index in [4.69, 9.17) is 9.47 Å². The van der Waals surface area contributed by atoms with Gasteiger partial charge in [-0.25, -0.2) is 4.79 Å². The monoisotopic (exact) mass is 961 g/mol. The number of nitrogens with one attached hydrogen (secondary N) is 4. The highest BCUT2D eigenvalue weighted by Crippen LogP contribution is 2.25. The van der Waals surface area contributed by atoms with Gasteiger partial charge in [0.2, 0.25) is 29.5 Å². The molecule has 1 fully saturated rings. The number of aliphatic carboxylic acids is 1. The van der Waals surface area contributed by atoms with Gasteiger partial charge in [0.15, 0.2) is 11.9 Å². The van der Waals surface area contributed by atoms with Gasteiger partial charge in [0.1, 0.15) is 29.9 Å². The van der Waals surface area contributed by atoms with Gasteiger partial charge in [-0.15, -0.1) is 0 Å². The number of nitrogens with zero attached hydrogens (tertiary/aromatic N) is 2. The minimum Gasteiger partial charge on any atom is -0.497 e. The summed E-state index contributed by atoms with van der Waals surface area (Å²) in [4.78, 5) is 111. The van der Waals surface area contributed by atoms with E-state index in [0.29, 0.717) is 30.6 Å². The predicted octanol–water partition coefficient (Wildman–Crippen LogP) is 2.23. The molecule has 1 aromatic rings. The zero-order chi connectivity index (χ0) is 51.7. The summed E-state index contributed by atoms with van der Waals surface area (Å²) in [6.45, 7) is 17.2. The summed E-state index contributed by atoms with van der Waals surface area (Å²) < 4.78 is 10.8.